The number of carbonyl (C=O) groups excluding carboxylic acids is 1. The van der Waals surface area contributed by atoms with Crippen molar-refractivity contribution in [2.45, 2.75) is 20.4 Å². The van der Waals surface area contributed by atoms with E-state index in [-0.39, 0.29) is 6.03 Å². The third kappa shape index (κ3) is 2.79. The SMILES string of the molecule is CCN(CC)C(=O)NCc1nc2ccccc2s1. The van der Waals surface area contributed by atoms with E-state index in [1.54, 1.807) is 16.2 Å². The molecule has 1 N–H and O–H groups in total. The van der Waals surface area contributed by atoms with Crippen LogP contribution in [0.5, 0.6) is 0 Å². The van der Waals surface area contributed by atoms with Crippen molar-refractivity contribution in [3.8, 4) is 0 Å². The van der Waals surface area contributed by atoms with Crippen molar-refractivity contribution in [1.82, 2.24) is 15.2 Å². The van der Waals surface area contributed by atoms with E-state index in [0.29, 0.717) is 6.54 Å². The molecular weight excluding hydrogens is 246 g/mol. The molecule has 0 aliphatic rings. The Kier molecular flexibility index (Phi) is 4.15. The number of urea groups is 1. The molecule has 0 fully saturated rings. The Morgan fingerprint density at radius 3 is 2.72 bits per heavy atom. The molecule has 5 heteroatoms. The normalized spacial score (nSPS) is 10.6. The number of amides is 2. The molecule has 2 aromatic rings. The molecule has 0 saturated heterocycles. The Labute approximate surface area is 111 Å². The fourth-order valence-corrected chi connectivity index (χ4v) is 2.68. The van der Waals surface area contributed by atoms with Crippen LogP contribution in [0.4, 0.5) is 4.79 Å². The van der Waals surface area contributed by atoms with Gasteiger partial charge in [-0.25, -0.2) is 9.78 Å². The van der Waals surface area contributed by atoms with Crippen LogP contribution < -0.4 is 5.32 Å². The highest BCUT2D eigenvalue weighted by Gasteiger charge is 2.09. The van der Waals surface area contributed by atoms with E-state index in [4.69, 9.17) is 0 Å². The van der Waals surface area contributed by atoms with Crippen LogP contribution in [0, 0.1) is 0 Å². The number of rotatable bonds is 4. The maximum absolute atomic E-state index is 11.8. The Bertz CT molecular complexity index is 501. The third-order valence-electron chi connectivity index (χ3n) is 2.78. The van der Waals surface area contributed by atoms with Crippen LogP contribution in [0.2, 0.25) is 0 Å². The molecule has 0 aliphatic carbocycles. The molecule has 0 unspecified atom stereocenters. The van der Waals surface area contributed by atoms with E-state index in [9.17, 15) is 4.79 Å². The molecule has 1 aromatic heterocycles. The largest absolute Gasteiger partial charge is 0.331 e. The molecule has 1 aromatic carbocycles. The first-order chi connectivity index (χ1) is 8.74. The number of aromatic nitrogens is 1. The first-order valence-corrected chi connectivity index (χ1v) is 6.93. The van der Waals surface area contributed by atoms with Gasteiger partial charge in [0.1, 0.15) is 5.01 Å². The van der Waals surface area contributed by atoms with E-state index in [1.807, 2.05) is 38.1 Å². The van der Waals surface area contributed by atoms with Gasteiger partial charge in [-0.05, 0) is 26.0 Å². The quantitative estimate of drug-likeness (QED) is 0.922. The van der Waals surface area contributed by atoms with Gasteiger partial charge in [-0.15, -0.1) is 11.3 Å². The lowest BCUT2D eigenvalue weighted by Gasteiger charge is -2.18. The summed E-state index contributed by atoms with van der Waals surface area (Å²) in [6.07, 6.45) is 0. The van der Waals surface area contributed by atoms with Crippen LogP contribution in [0.1, 0.15) is 18.9 Å². The molecule has 1 heterocycles. The Hall–Kier alpha value is -1.62. The summed E-state index contributed by atoms with van der Waals surface area (Å²) in [5.41, 5.74) is 0.995. The number of fused-ring (bicyclic) bond motifs is 1. The first kappa shape index (κ1) is 12.8. The first-order valence-electron chi connectivity index (χ1n) is 6.11. The summed E-state index contributed by atoms with van der Waals surface area (Å²) in [5.74, 6) is 0. The molecule has 0 spiro atoms. The van der Waals surface area contributed by atoms with Crippen molar-refractivity contribution in [3.63, 3.8) is 0 Å². The Morgan fingerprint density at radius 2 is 2.06 bits per heavy atom. The molecule has 96 valence electrons. The van der Waals surface area contributed by atoms with Gasteiger partial charge >= 0.3 is 6.03 Å². The van der Waals surface area contributed by atoms with E-state index in [1.165, 1.54) is 0 Å². The highest BCUT2D eigenvalue weighted by atomic mass is 32.1. The molecule has 0 bridgehead atoms. The minimum atomic E-state index is -0.0285. The van der Waals surface area contributed by atoms with Crippen molar-refractivity contribution in [3.05, 3.63) is 29.3 Å². The van der Waals surface area contributed by atoms with Gasteiger partial charge in [-0.2, -0.15) is 0 Å². The molecule has 0 atom stereocenters. The average Bonchev–Trinajstić information content (AvgIpc) is 2.80. The molecule has 0 aliphatic heterocycles. The maximum atomic E-state index is 11.8. The van der Waals surface area contributed by atoms with Gasteiger partial charge in [0.2, 0.25) is 0 Å². The Balaban J connectivity index is 1.99. The van der Waals surface area contributed by atoms with Gasteiger partial charge < -0.3 is 10.2 Å². The number of thiazole rings is 1. The van der Waals surface area contributed by atoms with Gasteiger partial charge in [-0.3, -0.25) is 0 Å². The van der Waals surface area contributed by atoms with Gasteiger partial charge in [0.25, 0.3) is 0 Å². The van der Waals surface area contributed by atoms with Crippen molar-refractivity contribution in [2.24, 2.45) is 0 Å². The van der Waals surface area contributed by atoms with Crippen LogP contribution in [0.15, 0.2) is 24.3 Å². The molecule has 0 saturated carbocycles. The van der Waals surface area contributed by atoms with Gasteiger partial charge in [0.05, 0.1) is 16.8 Å². The summed E-state index contributed by atoms with van der Waals surface area (Å²) in [5, 5.41) is 3.84. The topological polar surface area (TPSA) is 45.2 Å². The summed E-state index contributed by atoms with van der Waals surface area (Å²) < 4.78 is 1.16. The second-order valence-electron chi connectivity index (χ2n) is 3.91. The minimum absolute atomic E-state index is 0.0285. The van der Waals surface area contributed by atoms with Crippen LogP contribution in [0.3, 0.4) is 0 Å². The lowest BCUT2D eigenvalue weighted by molar-refractivity contribution is 0.203. The molecule has 0 radical (unpaired) electrons. The zero-order chi connectivity index (χ0) is 13.0. The minimum Gasteiger partial charge on any atom is -0.331 e. The van der Waals surface area contributed by atoms with E-state index >= 15 is 0 Å². The fraction of sp³-hybridized carbons (Fsp3) is 0.385. The third-order valence-corrected chi connectivity index (χ3v) is 3.82. The Morgan fingerprint density at radius 1 is 1.33 bits per heavy atom. The average molecular weight is 263 g/mol. The summed E-state index contributed by atoms with van der Waals surface area (Å²) in [6, 6.07) is 7.97. The summed E-state index contributed by atoms with van der Waals surface area (Å²) in [6.45, 7) is 5.89. The molecule has 18 heavy (non-hydrogen) atoms. The summed E-state index contributed by atoms with van der Waals surface area (Å²) in [7, 11) is 0. The second kappa shape index (κ2) is 5.82. The van der Waals surface area contributed by atoms with Crippen molar-refractivity contribution in [1.29, 1.82) is 0 Å². The number of para-hydroxylation sites is 1. The number of hydrogen-bond donors (Lipinski definition) is 1. The number of hydrogen-bond acceptors (Lipinski definition) is 3. The zero-order valence-corrected chi connectivity index (χ0v) is 11.5. The molecule has 4 nitrogen and oxygen atoms in total. The second-order valence-corrected chi connectivity index (χ2v) is 5.02. The number of carbonyl (C=O) groups is 1. The van der Waals surface area contributed by atoms with Crippen molar-refractivity contribution < 1.29 is 4.79 Å². The predicted octanol–water partition coefficient (Wildman–Crippen LogP) is 2.85. The molecule has 2 amide bonds. The molecule has 2 rings (SSSR count). The zero-order valence-electron chi connectivity index (χ0n) is 10.6. The monoisotopic (exact) mass is 263 g/mol. The van der Waals surface area contributed by atoms with E-state index in [2.05, 4.69) is 10.3 Å². The van der Waals surface area contributed by atoms with Gasteiger partial charge in [-0.1, -0.05) is 12.1 Å². The van der Waals surface area contributed by atoms with Gasteiger partial charge in [0, 0.05) is 13.1 Å². The maximum Gasteiger partial charge on any atom is 0.317 e. The lowest BCUT2D eigenvalue weighted by atomic mass is 10.3. The van der Waals surface area contributed by atoms with Crippen molar-refractivity contribution in [2.75, 3.05) is 13.1 Å². The fourth-order valence-electron chi connectivity index (χ4n) is 1.77. The van der Waals surface area contributed by atoms with Gasteiger partial charge in [0.15, 0.2) is 0 Å². The van der Waals surface area contributed by atoms with Crippen LogP contribution >= 0.6 is 11.3 Å². The van der Waals surface area contributed by atoms with E-state index in [0.717, 1.165) is 28.3 Å². The summed E-state index contributed by atoms with van der Waals surface area (Å²) >= 11 is 1.62. The van der Waals surface area contributed by atoms with Crippen LogP contribution in [-0.2, 0) is 6.54 Å². The summed E-state index contributed by atoms with van der Waals surface area (Å²) in [4.78, 5) is 18.0. The number of benzene rings is 1. The number of nitrogens with one attached hydrogen (secondary N) is 1. The highest BCUT2D eigenvalue weighted by molar-refractivity contribution is 7.18. The van der Waals surface area contributed by atoms with Crippen LogP contribution in [-0.4, -0.2) is 29.0 Å². The standard InChI is InChI=1S/C13H17N3OS/c1-3-16(4-2)13(17)14-9-12-15-10-7-5-6-8-11(10)18-12/h5-8H,3-4,9H2,1-2H3,(H,14,17). The van der Waals surface area contributed by atoms with Crippen molar-refractivity contribution >= 4 is 27.6 Å². The van der Waals surface area contributed by atoms with Crippen LogP contribution in [0.25, 0.3) is 10.2 Å². The van der Waals surface area contributed by atoms with E-state index < -0.39 is 0 Å². The highest BCUT2D eigenvalue weighted by Crippen LogP contribution is 2.21. The smallest absolute Gasteiger partial charge is 0.317 e. The lowest BCUT2D eigenvalue weighted by Crippen LogP contribution is -2.39. The predicted molar refractivity (Wildman–Crippen MR) is 74.8 cm³/mol. The number of nitrogens with zero attached hydrogens (tertiary/aromatic N) is 2. The molecular formula is C13H17N3OS.